The van der Waals surface area contributed by atoms with Gasteiger partial charge in [0, 0.05) is 13.0 Å². The third kappa shape index (κ3) is 5.92. The predicted molar refractivity (Wildman–Crippen MR) is 122 cm³/mol. The van der Waals surface area contributed by atoms with Gasteiger partial charge in [0.1, 0.15) is 10.1 Å². The van der Waals surface area contributed by atoms with E-state index in [4.69, 9.17) is 12.2 Å². The standard InChI is InChI=1S/C22H22N2O3S2/c25-18-12-7-6-11-17(18)23-20(26)13-5-2-8-14-24-21(27)19(29-22(24)28)15-16-9-3-1-4-10-16/h1,3-4,6-7,9-12,15,25H,2,5,8,13-14H2,(H,23,26)/b19-15+. The van der Waals surface area contributed by atoms with Gasteiger partial charge in [-0.05, 0) is 36.6 Å². The van der Waals surface area contributed by atoms with Gasteiger partial charge in [-0.1, -0.05) is 72.9 Å². The molecule has 0 radical (unpaired) electrons. The number of unbranched alkanes of at least 4 members (excludes halogenated alkanes) is 2. The highest BCUT2D eigenvalue weighted by atomic mass is 32.2. The topological polar surface area (TPSA) is 69.6 Å². The Morgan fingerprint density at radius 3 is 2.55 bits per heavy atom. The van der Waals surface area contributed by atoms with Gasteiger partial charge in [-0.15, -0.1) is 0 Å². The number of hydrogen-bond acceptors (Lipinski definition) is 5. The zero-order valence-corrected chi connectivity index (χ0v) is 17.5. The van der Waals surface area contributed by atoms with E-state index >= 15 is 0 Å². The Bertz CT molecular complexity index is 929. The van der Waals surface area contributed by atoms with Crippen molar-refractivity contribution in [3.05, 3.63) is 65.1 Å². The number of phenols is 1. The summed E-state index contributed by atoms with van der Waals surface area (Å²) in [5, 5.41) is 12.4. The fourth-order valence-electron chi connectivity index (χ4n) is 2.92. The van der Waals surface area contributed by atoms with Crippen LogP contribution in [-0.2, 0) is 9.59 Å². The van der Waals surface area contributed by atoms with Crippen molar-refractivity contribution >= 4 is 51.9 Å². The number of benzene rings is 2. The van der Waals surface area contributed by atoms with Crippen molar-refractivity contribution in [1.82, 2.24) is 4.90 Å². The lowest BCUT2D eigenvalue weighted by Crippen LogP contribution is -2.29. The van der Waals surface area contributed by atoms with Gasteiger partial charge < -0.3 is 10.4 Å². The number of para-hydroxylation sites is 2. The SMILES string of the molecule is O=C(CCCCCN1C(=O)/C(=C\c2ccccc2)SC1=S)Nc1ccccc1O. The Kier molecular flexibility index (Phi) is 7.43. The summed E-state index contributed by atoms with van der Waals surface area (Å²) in [6.07, 6.45) is 4.51. The van der Waals surface area contributed by atoms with Crippen LogP contribution >= 0.6 is 24.0 Å². The van der Waals surface area contributed by atoms with E-state index in [9.17, 15) is 14.7 Å². The highest BCUT2D eigenvalue weighted by Crippen LogP contribution is 2.32. The van der Waals surface area contributed by atoms with E-state index in [-0.39, 0.29) is 17.6 Å². The van der Waals surface area contributed by atoms with E-state index in [1.54, 1.807) is 23.1 Å². The zero-order valence-electron chi connectivity index (χ0n) is 15.8. The lowest BCUT2D eigenvalue weighted by Gasteiger charge is -2.14. The number of nitrogens with zero attached hydrogens (tertiary/aromatic N) is 1. The molecule has 1 saturated heterocycles. The first-order chi connectivity index (χ1) is 14.0. The van der Waals surface area contributed by atoms with E-state index in [0.717, 1.165) is 18.4 Å². The fraction of sp³-hybridized carbons (Fsp3) is 0.227. The molecule has 7 heteroatoms. The molecule has 2 amide bonds. The number of hydrogen-bond donors (Lipinski definition) is 2. The first-order valence-electron chi connectivity index (χ1n) is 9.43. The van der Waals surface area contributed by atoms with Crippen LogP contribution in [0.3, 0.4) is 0 Å². The minimum Gasteiger partial charge on any atom is -0.506 e. The zero-order chi connectivity index (χ0) is 20.6. The molecular weight excluding hydrogens is 404 g/mol. The van der Waals surface area contributed by atoms with Gasteiger partial charge in [-0.2, -0.15) is 0 Å². The molecule has 0 aliphatic carbocycles. The maximum Gasteiger partial charge on any atom is 0.266 e. The Balaban J connectivity index is 1.41. The Labute approximate surface area is 179 Å². The second kappa shape index (κ2) is 10.2. The molecule has 2 aromatic rings. The van der Waals surface area contributed by atoms with Crippen LogP contribution in [0.25, 0.3) is 6.08 Å². The summed E-state index contributed by atoms with van der Waals surface area (Å²) >= 11 is 6.68. The molecule has 1 aliphatic heterocycles. The lowest BCUT2D eigenvalue weighted by molar-refractivity contribution is -0.122. The van der Waals surface area contributed by atoms with Gasteiger partial charge in [-0.3, -0.25) is 14.5 Å². The van der Waals surface area contributed by atoms with Gasteiger partial charge in [0.15, 0.2) is 0 Å². The molecule has 0 spiro atoms. The summed E-state index contributed by atoms with van der Waals surface area (Å²) in [6.45, 7) is 0.553. The maximum atomic E-state index is 12.6. The van der Waals surface area contributed by atoms with Crippen LogP contribution in [-0.4, -0.2) is 32.7 Å². The number of carbonyl (C=O) groups is 2. The second-order valence-corrected chi connectivity index (χ2v) is 8.30. The smallest absolute Gasteiger partial charge is 0.266 e. The van der Waals surface area contributed by atoms with Crippen molar-refractivity contribution in [3.8, 4) is 5.75 Å². The molecule has 0 unspecified atom stereocenters. The highest BCUT2D eigenvalue weighted by molar-refractivity contribution is 8.26. The number of anilines is 1. The van der Waals surface area contributed by atoms with Crippen LogP contribution in [0, 0.1) is 0 Å². The molecule has 150 valence electrons. The van der Waals surface area contributed by atoms with E-state index in [1.165, 1.54) is 17.8 Å². The molecule has 1 aliphatic rings. The molecular formula is C22H22N2O3S2. The van der Waals surface area contributed by atoms with Gasteiger partial charge in [0.25, 0.3) is 5.91 Å². The number of amides is 2. The van der Waals surface area contributed by atoms with Gasteiger partial charge in [0.2, 0.25) is 5.91 Å². The molecule has 0 aromatic heterocycles. The van der Waals surface area contributed by atoms with Gasteiger partial charge in [-0.25, -0.2) is 0 Å². The number of carbonyl (C=O) groups excluding carboxylic acids is 2. The normalized spacial score (nSPS) is 15.2. The van der Waals surface area contributed by atoms with Crippen molar-refractivity contribution in [2.24, 2.45) is 0 Å². The van der Waals surface area contributed by atoms with E-state index < -0.39 is 0 Å². The van der Waals surface area contributed by atoms with Crippen LogP contribution in [0.1, 0.15) is 31.2 Å². The van der Waals surface area contributed by atoms with Gasteiger partial charge >= 0.3 is 0 Å². The van der Waals surface area contributed by atoms with Gasteiger partial charge in [0.05, 0.1) is 10.6 Å². The summed E-state index contributed by atoms with van der Waals surface area (Å²) in [6, 6.07) is 16.3. The average Bonchev–Trinajstić information content (AvgIpc) is 2.97. The number of rotatable bonds is 8. The van der Waals surface area contributed by atoms with Crippen LogP contribution in [0.5, 0.6) is 5.75 Å². The van der Waals surface area contributed by atoms with Crippen molar-refractivity contribution < 1.29 is 14.7 Å². The second-order valence-electron chi connectivity index (χ2n) is 6.62. The molecule has 3 rings (SSSR count). The van der Waals surface area contributed by atoms with Crippen LogP contribution < -0.4 is 5.32 Å². The molecule has 0 saturated carbocycles. The van der Waals surface area contributed by atoms with Crippen molar-refractivity contribution in [1.29, 1.82) is 0 Å². The van der Waals surface area contributed by atoms with E-state index in [0.29, 0.717) is 34.3 Å². The monoisotopic (exact) mass is 426 g/mol. The Morgan fingerprint density at radius 2 is 1.79 bits per heavy atom. The average molecular weight is 427 g/mol. The Hall–Kier alpha value is -2.64. The van der Waals surface area contributed by atoms with E-state index in [2.05, 4.69) is 5.32 Å². The number of nitrogens with one attached hydrogen (secondary N) is 1. The molecule has 0 bridgehead atoms. The van der Waals surface area contributed by atoms with E-state index in [1.807, 2.05) is 36.4 Å². The molecule has 5 nitrogen and oxygen atoms in total. The third-order valence-corrected chi connectivity index (χ3v) is 5.81. The summed E-state index contributed by atoms with van der Waals surface area (Å²) in [4.78, 5) is 26.9. The Morgan fingerprint density at radius 1 is 1.07 bits per heavy atom. The summed E-state index contributed by atoms with van der Waals surface area (Å²) < 4.78 is 0.578. The first kappa shape index (κ1) is 21.1. The molecule has 2 aromatic carbocycles. The quantitative estimate of drug-likeness (QED) is 0.275. The van der Waals surface area contributed by atoms with Crippen molar-refractivity contribution in [3.63, 3.8) is 0 Å². The maximum absolute atomic E-state index is 12.6. The van der Waals surface area contributed by atoms with Crippen LogP contribution in [0.15, 0.2) is 59.5 Å². The molecule has 0 atom stereocenters. The fourth-order valence-corrected chi connectivity index (χ4v) is 4.23. The lowest BCUT2D eigenvalue weighted by atomic mass is 10.1. The third-order valence-electron chi connectivity index (χ3n) is 4.43. The number of phenolic OH excluding ortho intramolecular Hbond substituents is 1. The molecule has 1 heterocycles. The molecule has 2 N–H and O–H groups in total. The number of thiocarbonyl (C=S) groups is 1. The minimum atomic E-state index is -0.136. The summed E-state index contributed by atoms with van der Waals surface area (Å²) in [5.74, 6) is -0.136. The summed E-state index contributed by atoms with van der Waals surface area (Å²) in [7, 11) is 0. The predicted octanol–water partition coefficient (Wildman–Crippen LogP) is 4.79. The number of thioether (sulfide) groups is 1. The van der Waals surface area contributed by atoms with Crippen LogP contribution in [0.4, 0.5) is 5.69 Å². The largest absolute Gasteiger partial charge is 0.506 e. The highest BCUT2D eigenvalue weighted by Gasteiger charge is 2.31. The molecule has 1 fully saturated rings. The van der Waals surface area contributed by atoms with Crippen LogP contribution in [0.2, 0.25) is 0 Å². The summed E-state index contributed by atoms with van der Waals surface area (Å²) in [5.41, 5.74) is 1.39. The minimum absolute atomic E-state index is 0.0544. The molecule has 29 heavy (non-hydrogen) atoms. The van der Waals surface area contributed by atoms with Crippen molar-refractivity contribution in [2.75, 3.05) is 11.9 Å². The number of aromatic hydroxyl groups is 1. The van der Waals surface area contributed by atoms with Crippen molar-refractivity contribution in [2.45, 2.75) is 25.7 Å². The first-order valence-corrected chi connectivity index (χ1v) is 10.7.